The molecule has 0 fully saturated rings. The van der Waals surface area contributed by atoms with Crippen LogP contribution in [0.2, 0.25) is 0 Å². The number of carbonyl (C=O) groups is 2. The maximum atomic E-state index is 11.6. The van der Waals surface area contributed by atoms with Gasteiger partial charge in [-0.05, 0) is 24.6 Å². The molecule has 0 bridgehead atoms. The number of nitrogens with two attached hydrogens (primary N) is 1. The van der Waals surface area contributed by atoms with Crippen molar-refractivity contribution in [3.8, 4) is 0 Å². The van der Waals surface area contributed by atoms with E-state index in [1.807, 2.05) is 30.5 Å². The number of rotatable bonds is 2. The molecule has 0 aliphatic carbocycles. The van der Waals surface area contributed by atoms with E-state index in [9.17, 15) is 9.59 Å². The molecule has 1 heterocycles. The quantitative estimate of drug-likeness (QED) is 0.361. The molecular weight excluding hydrogens is 252 g/mol. The molecular formula is C11H14N4O2S. The minimum atomic E-state index is -0.445. The lowest BCUT2D eigenvalue weighted by atomic mass is 10.2. The molecule has 5 N–H and O–H groups in total. The molecule has 3 amide bonds. The Morgan fingerprint density at radius 1 is 1.56 bits per heavy atom. The number of urea groups is 1. The van der Waals surface area contributed by atoms with Crippen LogP contribution in [0.4, 0.5) is 10.5 Å². The summed E-state index contributed by atoms with van der Waals surface area (Å²) in [4.78, 5) is 23.5. The molecule has 1 unspecified atom stereocenters. The monoisotopic (exact) mass is 266 g/mol. The first-order valence-corrected chi connectivity index (χ1v) is 6.33. The van der Waals surface area contributed by atoms with Crippen molar-refractivity contribution in [1.82, 2.24) is 10.7 Å². The summed E-state index contributed by atoms with van der Waals surface area (Å²) in [7, 11) is 0. The Balaban J connectivity index is 2.10. The van der Waals surface area contributed by atoms with Crippen molar-refractivity contribution < 1.29 is 9.59 Å². The van der Waals surface area contributed by atoms with Crippen LogP contribution in [0.1, 0.15) is 12.5 Å². The third-order valence-electron chi connectivity index (χ3n) is 2.56. The van der Waals surface area contributed by atoms with Crippen LogP contribution in [0.5, 0.6) is 0 Å². The zero-order valence-corrected chi connectivity index (χ0v) is 10.6. The highest BCUT2D eigenvalue weighted by Gasteiger charge is 2.22. The molecule has 0 saturated carbocycles. The Morgan fingerprint density at radius 2 is 2.33 bits per heavy atom. The van der Waals surface area contributed by atoms with Crippen molar-refractivity contribution in [2.75, 3.05) is 5.32 Å². The second kappa shape index (κ2) is 5.28. The Hall–Kier alpha value is -1.73. The SMILES string of the molecule is CC1Sc2ccc(CNC(=O)NN)cc2NC1=O. The number of hydrazine groups is 1. The number of amides is 3. The van der Waals surface area contributed by atoms with Gasteiger partial charge in [-0.3, -0.25) is 10.2 Å². The van der Waals surface area contributed by atoms with Crippen molar-refractivity contribution in [3.63, 3.8) is 0 Å². The van der Waals surface area contributed by atoms with E-state index in [0.29, 0.717) is 6.54 Å². The van der Waals surface area contributed by atoms with Crippen LogP contribution in [0.3, 0.4) is 0 Å². The van der Waals surface area contributed by atoms with E-state index in [0.717, 1.165) is 16.1 Å². The normalized spacial score (nSPS) is 17.7. The van der Waals surface area contributed by atoms with Crippen LogP contribution in [-0.2, 0) is 11.3 Å². The zero-order chi connectivity index (χ0) is 13.1. The Bertz CT molecular complexity index is 492. The number of fused-ring (bicyclic) bond motifs is 1. The number of benzene rings is 1. The lowest BCUT2D eigenvalue weighted by Gasteiger charge is -2.21. The molecule has 18 heavy (non-hydrogen) atoms. The third-order valence-corrected chi connectivity index (χ3v) is 3.74. The van der Waals surface area contributed by atoms with Gasteiger partial charge in [0, 0.05) is 11.4 Å². The average molecular weight is 266 g/mol. The van der Waals surface area contributed by atoms with Gasteiger partial charge in [0.2, 0.25) is 5.91 Å². The summed E-state index contributed by atoms with van der Waals surface area (Å²) in [6, 6.07) is 5.25. The fourth-order valence-corrected chi connectivity index (χ4v) is 2.53. The Labute approximate surface area is 109 Å². The van der Waals surface area contributed by atoms with Gasteiger partial charge in [0.05, 0.1) is 10.9 Å². The maximum absolute atomic E-state index is 11.6. The summed E-state index contributed by atoms with van der Waals surface area (Å²) in [6.45, 7) is 2.22. The highest BCUT2D eigenvalue weighted by Crippen LogP contribution is 2.35. The number of nitrogens with one attached hydrogen (secondary N) is 3. The molecule has 96 valence electrons. The molecule has 7 heteroatoms. The average Bonchev–Trinajstić information content (AvgIpc) is 2.37. The van der Waals surface area contributed by atoms with Crippen LogP contribution >= 0.6 is 11.8 Å². The molecule has 1 aromatic rings. The predicted octanol–water partition coefficient (Wildman–Crippen LogP) is 0.792. The number of carbonyl (C=O) groups excluding carboxylic acids is 2. The zero-order valence-electron chi connectivity index (χ0n) is 9.82. The fourth-order valence-electron chi connectivity index (χ4n) is 1.60. The smallest absolute Gasteiger partial charge is 0.329 e. The molecule has 0 aromatic heterocycles. The van der Waals surface area contributed by atoms with Gasteiger partial charge in [0.25, 0.3) is 0 Å². The maximum Gasteiger partial charge on any atom is 0.329 e. The van der Waals surface area contributed by atoms with Crippen LogP contribution in [0, 0.1) is 0 Å². The summed E-state index contributed by atoms with van der Waals surface area (Å²) in [5.41, 5.74) is 3.67. The van der Waals surface area contributed by atoms with Crippen molar-refractivity contribution >= 4 is 29.4 Å². The van der Waals surface area contributed by atoms with Crippen molar-refractivity contribution in [1.29, 1.82) is 0 Å². The predicted molar refractivity (Wildman–Crippen MR) is 69.9 cm³/mol. The summed E-state index contributed by atoms with van der Waals surface area (Å²) in [6.07, 6.45) is 0. The lowest BCUT2D eigenvalue weighted by Crippen LogP contribution is -2.39. The van der Waals surface area contributed by atoms with Gasteiger partial charge in [-0.25, -0.2) is 10.6 Å². The van der Waals surface area contributed by atoms with Gasteiger partial charge in [-0.2, -0.15) is 0 Å². The number of hydrogen-bond acceptors (Lipinski definition) is 4. The molecule has 0 radical (unpaired) electrons. The topological polar surface area (TPSA) is 96.2 Å². The van der Waals surface area contributed by atoms with Crippen molar-refractivity contribution in [2.45, 2.75) is 23.6 Å². The van der Waals surface area contributed by atoms with Gasteiger partial charge in [-0.1, -0.05) is 6.07 Å². The van der Waals surface area contributed by atoms with Crippen LogP contribution in [0.15, 0.2) is 23.1 Å². The highest BCUT2D eigenvalue weighted by atomic mass is 32.2. The summed E-state index contributed by atoms with van der Waals surface area (Å²) in [5.74, 6) is 4.96. The molecule has 6 nitrogen and oxygen atoms in total. The first-order chi connectivity index (χ1) is 8.60. The second-order valence-corrected chi connectivity index (χ2v) is 5.29. The fraction of sp³-hybridized carbons (Fsp3) is 0.273. The first-order valence-electron chi connectivity index (χ1n) is 5.45. The lowest BCUT2D eigenvalue weighted by molar-refractivity contribution is -0.115. The summed E-state index contributed by atoms with van der Waals surface area (Å²) in [5, 5.41) is 5.34. The molecule has 1 aliphatic rings. The number of thioether (sulfide) groups is 1. The number of hydrogen-bond donors (Lipinski definition) is 4. The van der Waals surface area contributed by atoms with E-state index < -0.39 is 6.03 Å². The molecule has 0 spiro atoms. The minimum absolute atomic E-state index is 0.00249. The van der Waals surface area contributed by atoms with Crippen molar-refractivity contribution in [3.05, 3.63) is 23.8 Å². The van der Waals surface area contributed by atoms with E-state index in [-0.39, 0.29) is 11.2 Å². The van der Waals surface area contributed by atoms with Crippen LogP contribution in [-0.4, -0.2) is 17.2 Å². The van der Waals surface area contributed by atoms with Crippen molar-refractivity contribution in [2.24, 2.45) is 5.84 Å². The van der Waals surface area contributed by atoms with Crippen LogP contribution < -0.4 is 21.9 Å². The third kappa shape index (κ3) is 2.74. The summed E-state index contributed by atoms with van der Waals surface area (Å²) < 4.78 is 0. The number of anilines is 1. The molecule has 1 aliphatic heterocycles. The van der Waals surface area contributed by atoms with Gasteiger partial charge in [0.1, 0.15) is 0 Å². The van der Waals surface area contributed by atoms with Gasteiger partial charge < -0.3 is 10.6 Å². The highest BCUT2D eigenvalue weighted by molar-refractivity contribution is 8.00. The minimum Gasteiger partial charge on any atom is -0.333 e. The molecule has 1 aromatic carbocycles. The van der Waals surface area contributed by atoms with E-state index in [4.69, 9.17) is 5.84 Å². The van der Waals surface area contributed by atoms with Crippen LogP contribution in [0.25, 0.3) is 0 Å². The Kier molecular flexibility index (Phi) is 3.73. The Morgan fingerprint density at radius 3 is 3.06 bits per heavy atom. The molecule has 0 saturated heterocycles. The summed E-state index contributed by atoms with van der Waals surface area (Å²) >= 11 is 1.53. The van der Waals surface area contributed by atoms with E-state index in [1.54, 1.807) is 0 Å². The van der Waals surface area contributed by atoms with Gasteiger partial charge in [-0.15, -0.1) is 11.8 Å². The van der Waals surface area contributed by atoms with Gasteiger partial charge >= 0.3 is 6.03 Å². The van der Waals surface area contributed by atoms with E-state index >= 15 is 0 Å². The van der Waals surface area contributed by atoms with E-state index in [2.05, 4.69) is 10.6 Å². The second-order valence-electron chi connectivity index (χ2n) is 3.91. The largest absolute Gasteiger partial charge is 0.333 e. The standard InChI is InChI=1S/C11H14N4O2S/c1-6-10(16)14-8-4-7(2-3-9(8)18-6)5-13-11(17)15-12/h2-4,6H,5,12H2,1H3,(H,14,16)(H2,13,15,17). The van der Waals surface area contributed by atoms with E-state index in [1.165, 1.54) is 11.8 Å². The first kappa shape index (κ1) is 12.7. The molecule has 2 rings (SSSR count). The molecule has 1 atom stereocenters. The van der Waals surface area contributed by atoms with Gasteiger partial charge in [0.15, 0.2) is 0 Å².